The van der Waals surface area contributed by atoms with Crippen LogP contribution in [0.2, 0.25) is 0 Å². The molecule has 0 unspecified atom stereocenters. The van der Waals surface area contributed by atoms with Crippen molar-refractivity contribution in [2.45, 2.75) is 26.7 Å². The summed E-state index contributed by atoms with van der Waals surface area (Å²) in [6.07, 6.45) is 1.84. The fourth-order valence-corrected chi connectivity index (χ4v) is 1.08. The van der Waals surface area contributed by atoms with Crippen molar-refractivity contribution in [3.8, 4) is 0 Å². The van der Waals surface area contributed by atoms with Gasteiger partial charge in [-0.1, -0.05) is 13.8 Å². The van der Waals surface area contributed by atoms with Gasteiger partial charge in [0.15, 0.2) is 0 Å². The van der Waals surface area contributed by atoms with E-state index < -0.39 is 0 Å². The Bertz CT molecular complexity index is 119. The Hall–Kier alpha value is -0.530. The predicted molar refractivity (Wildman–Crippen MR) is 34.0 cm³/mol. The number of rotatable bonds is 2. The van der Waals surface area contributed by atoms with E-state index in [0.29, 0.717) is 6.61 Å². The Balaban J connectivity index is 2.58. The fraction of sp³-hybridized carbons (Fsp3) is 0.857. The molecule has 2 heteroatoms. The lowest BCUT2D eigenvalue weighted by atomic mass is 9.80. The van der Waals surface area contributed by atoms with Gasteiger partial charge in [-0.25, -0.2) is 0 Å². The quantitative estimate of drug-likeness (QED) is 0.525. The first-order chi connectivity index (χ1) is 4.25. The number of cyclic esters (lactones) is 1. The van der Waals surface area contributed by atoms with E-state index in [4.69, 9.17) is 0 Å². The summed E-state index contributed by atoms with van der Waals surface area (Å²) in [6.45, 7) is 4.70. The van der Waals surface area contributed by atoms with E-state index in [-0.39, 0.29) is 11.4 Å². The molecule has 9 heavy (non-hydrogen) atoms. The summed E-state index contributed by atoms with van der Waals surface area (Å²) >= 11 is 0. The topological polar surface area (TPSA) is 26.3 Å². The molecular weight excluding hydrogens is 116 g/mol. The molecule has 52 valence electrons. The minimum atomic E-state index is -0.0972. The Morgan fingerprint density at radius 3 is 2.11 bits per heavy atom. The molecule has 0 aromatic rings. The van der Waals surface area contributed by atoms with Crippen molar-refractivity contribution in [3.63, 3.8) is 0 Å². The maximum absolute atomic E-state index is 10.8. The number of carbonyl (C=O) groups excluding carboxylic acids is 1. The first-order valence-corrected chi connectivity index (χ1v) is 3.42. The van der Waals surface area contributed by atoms with Gasteiger partial charge in [0.2, 0.25) is 0 Å². The van der Waals surface area contributed by atoms with Gasteiger partial charge in [-0.15, -0.1) is 0 Å². The molecule has 0 atom stereocenters. The van der Waals surface area contributed by atoms with Crippen LogP contribution in [0.1, 0.15) is 26.7 Å². The number of esters is 1. The smallest absolute Gasteiger partial charge is 0.315 e. The Kier molecular flexibility index (Phi) is 1.47. The molecule has 0 saturated carbocycles. The first kappa shape index (κ1) is 6.59. The van der Waals surface area contributed by atoms with Crippen LogP contribution in [0.5, 0.6) is 0 Å². The molecule has 0 radical (unpaired) electrons. The van der Waals surface area contributed by atoms with Gasteiger partial charge in [0, 0.05) is 0 Å². The first-order valence-electron chi connectivity index (χ1n) is 3.42. The summed E-state index contributed by atoms with van der Waals surface area (Å²) in [5, 5.41) is 0. The summed E-state index contributed by atoms with van der Waals surface area (Å²) in [5.74, 6) is -0.00694. The van der Waals surface area contributed by atoms with Crippen LogP contribution in [0.4, 0.5) is 0 Å². The molecule has 1 aliphatic rings. The van der Waals surface area contributed by atoms with Crippen molar-refractivity contribution in [2.75, 3.05) is 6.61 Å². The van der Waals surface area contributed by atoms with Crippen LogP contribution in [0.3, 0.4) is 0 Å². The number of hydrogen-bond acceptors (Lipinski definition) is 2. The van der Waals surface area contributed by atoms with E-state index in [1.807, 2.05) is 13.8 Å². The molecule has 1 saturated heterocycles. The van der Waals surface area contributed by atoms with Crippen LogP contribution in [0, 0.1) is 5.41 Å². The van der Waals surface area contributed by atoms with Gasteiger partial charge in [0.25, 0.3) is 0 Å². The molecule has 1 fully saturated rings. The Labute approximate surface area is 55.2 Å². The predicted octanol–water partition coefficient (Wildman–Crippen LogP) is 1.35. The Morgan fingerprint density at radius 2 is 2.11 bits per heavy atom. The molecule has 0 aliphatic carbocycles. The number of hydrogen-bond donors (Lipinski definition) is 0. The maximum Gasteiger partial charge on any atom is 0.315 e. The van der Waals surface area contributed by atoms with Crippen molar-refractivity contribution in [3.05, 3.63) is 0 Å². The lowest BCUT2D eigenvalue weighted by Crippen LogP contribution is -2.47. The highest BCUT2D eigenvalue weighted by atomic mass is 16.6. The van der Waals surface area contributed by atoms with E-state index in [1.165, 1.54) is 0 Å². The monoisotopic (exact) mass is 128 g/mol. The minimum Gasteiger partial charge on any atom is -0.464 e. The summed E-state index contributed by atoms with van der Waals surface area (Å²) in [7, 11) is 0. The van der Waals surface area contributed by atoms with Crippen molar-refractivity contribution < 1.29 is 9.53 Å². The summed E-state index contributed by atoms with van der Waals surface area (Å²) in [6, 6.07) is 0. The minimum absolute atomic E-state index is 0.00694. The SMILES string of the molecule is CCC1(CC)COC1=O. The molecule has 0 bridgehead atoms. The highest BCUT2D eigenvalue weighted by molar-refractivity contribution is 5.81. The van der Waals surface area contributed by atoms with E-state index >= 15 is 0 Å². The van der Waals surface area contributed by atoms with Crippen LogP contribution < -0.4 is 0 Å². The van der Waals surface area contributed by atoms with Gasteiger partial charge in [0.05, 0.1) is 0 Å². The molecule has 1 rings (SSSR count). The summed E-state index contributed by atoms with van der Waals surface area (Å²) in [4.78, 5) is 10.8. The molecule has 2 nitrogen and oxygen atoms in total. The van der Waals surface area contributed by atoms with E-state index in [1.54, 1.807) is 0 Å². The van der Waals surface area contributed by atoms with Gasteiger partial charge in [0.1, 0.15) is 12.0 Å². The summed E-state index contributed by atoms with van der Waals surface area (Å²) < 4.78 is 4.69. The van der Waals surface area contributed by atoms with Crippen LogP contribution in [0.25, 0.3) is 0 Å². The lowest BCUT2D eigenvalue weighted by molar-refractivity contribution is -0.186. The average molecular weight is 128 g/mol. The van der Waals surface area contributed by atoms with Crippen LogP contribution in [0.15, 0.2) is 0 Å². The van der Waals surface area contributed by atoms with Gasteiger partial charge in [-0.05, 0) is 12.8 Å². The number of ether oxygens (including phenoxy) is 1. The van der Waals surface area contributed by atoms with Crippen molar-refractivity contribution in [1.82, 2.24) is 0 Å². The molecule has 0 aromatic carbocycles. The molecule has 0 N–H and O–H groups in total. The van der Waals surface area contributed by atoms with Crippen LogP contribution in [-0.2, 0) is 9.53 Å². The summed E-state index contributed by atoms with van der Waals surface area (Å²) in [5.41, 5.74) is -0.0972. The lowest BCUT2D eigenvalue weighted by Gasteiger charge is -2.37. The van der Waals surface area contributed by atoms with E-state index in [9.17, 15) is 4.79 Å². The second-order valence-corrected chi connectivity index (χ2v) is 2.56. The fourth-order valence-electron chi connectivity index (χ4n) is 1.08. The molecular formula is C7H12O2. The van der Waals surface area contributed by atoms with Gasteiger partial charge in [-0.3, -0.25) is 4.79 Å². The zero-order chi connectivity index (χ0) is 6.91. The zero-order valence-corrected chi connectivity index (χ0v) is 5.94. The Morgan fingerprint density at radius 1 is 1.56 bits per heavy atom. The van der Waals surface area contributed by atoms with Gasteiger partial charge < -0.3 is 4.74 Å². The second-order valence-electron chi connectivity index (χ2n) is 2.56. The van der Waals surface area contributed by atoms with E-state index in [0.717, 1.165) is 12.8 Å². The van der Waals surface area contributed by atoms with Crippen molar-refractivity contribution >= 4 is 5.97 Å². The van der Waals surface area contributed by atoms with Crippen molar-refractivity contribution in [1.29, 1.82) is 0 Å². The van der Waals surface area contributed by atoms with Crippen LogP contribution in [-0.4, -0.2) is 12.6 Å². The highest BCUT2D eigenvalue weighted by Gasteiger charge is 2.45. The molecule has 1 aliphatic heterocycles. The van der Waals surface area contributed by atoms with Gasteiger partial charge >= 0.3 is 5.97 Å². The van der Waals surface area contributed by atoms with E-state index in [2.05, 4.69) is 4.74 Å². The average Bonchev–Trinajstić information content (AvgIpc) is 1.89. The molecule has 0 spiro atoms. The second kappa shape index (κ2) is 2.01. The highest BCUT2D eigenvalue weighted by Crippen LogP contribution is 2.35. The molecule has 0 amide bonds. The molecule has 0 aromatic heterocycles. The normalized spacial score (nSPS) is 22.7. The molecule has 1 heterocycles. The number of carbonyl (C=O) groups is 1. The third kappa shape index (κ3) is 0.732. The largest absolute Gasteiger partial charge is 0.464 e. The maximum atomic E-state index is 10.8. The standard InChI is InChI=1S/C7H12O2/c1-3-7(4-2)5-9-6(7)8/h3-5H2,1-2H3. The van der Waals surface area contributed by atoms with Crippen LogP contribution >= 0.6 is 0 Å². The third-order valence-electron chi connectivity index (χ3n) is 2.27. The zero-order valence-electron chi connectivity index (χ0n) is 5.94. The van der Waals surface area contributed by atoms with Gasteiger partial charge in [-0.2, -0.15) is 0 Å². The third-order valence-corrected chi connectivity index (χ3v) is 2.27. The van der Waals surface area contributed by atoms with Crippen molar-refractivity contribution in [2.24, 2.45) is 5.41 Å².